The number of benzene rings is 2. The molecule has 3 aromatic rings. The minimum atomic E-state index is -0.289. The normalized spacial score (nSPS) is 12.0. The number of hydrogen-bond acceptors (Lipinski definition) is 3. The molecule has 122 valence electrons. The summed E-state index contributed by atoms with van der Waals surface area (Å²) < 4.78 is 13.0. The molecule has 1 amide bonds. The van der Waals surface area contributed by atoms with Crippen molar-refractivity contribution in [3.63, 3.8) is 0 Å². The highest BCUT2D eigenvalue weighted by molar-refractivity contribution is 7.13. The number of rotatable bonds is 4. The lowest BCUT2D eigenvalue weighted by atomic mass is 10.1. The van der Waals surface area contributed by atoms with Crippen LogP contribution in [0, 0.1) is 5.82 Å². The van der Waals surface area contributed by atoms with Gasteiger partial charge in [-0.15, -0.1) is 11.3 Å². The van der Waals surface area contributed by atoms with Crippen molar-refractivity contribution in [1.29, 1.82) is 0 Å². The van der Waals surface area contributed by atoms with E-state index in [1.807, 2.05) is 37.3 Å². The summed E-state index contributed by atoms with van der Waals surface area (Å²) in [5.74, 6) is -0.418. The van der Waals surface area contributed by atoms with Crippen molar-refractivity contribution in [3.8, 4) is 10.6 Å². The van der Waals surface area contributed by atoms with Crippen LogP contribution >= 0.6 is 11.3 Å². The van der Waals surface area contributed by atoms with E-state index in [9.17, 15) is 9.18 Å². The minimum absolute atomic E-state index is 0.0466. The van der Waals surface area contributed by atoms with Crippen molar-refractivity contribution in [3.05, 3.63) is 77.1 Å². The molecule has 1 atom stereocenters. The summed E-state index contributed by atoms with van der Waals surface area (Å²) >= 11 is 1.38. The second-order valence-electron chi connectivity index (χ2n) is 5.55. The minimum Gasteiger partial charge on any atom is -0.334 e. The molecule has 2 aromatic carbocycles. The fourth-order valence-electron chi connectivity index (χ4n) is 2.41. The molecule has 0 radical (unpaired) electrons. The first-order valence-electron chi connectivity index (χ1n) is 7.60. The highest BCUT2D eigenvalue weighted by Gasteiger charge is 2.21. The third-order valence-electron chi connectivity index (χ3n) is 4.00. The highest BCUT2D eigenvalue weighted by Crippen LogP contribution is 2.26. The van der Waals surface area contributed by atoms with E-state index in [1.165, 1.54) is 23.5 Å². The van der Waals surface area contributed by atoms with Crippen LogP contribution in [0.5, 0.6) is 0 Å². The Morgan fingerprint density at radius 3 is 2.46 bits per heavy atom. The molecular weight excluding hydrogens is 323 g/mol. The molecule has 24 heavy (non-hydrogen) atoms. The molecule has 0 N–H and O–H groups in total. The molecule has 1 aromatic heterocycles. The molecule has 3 nitrogen and oxygen atoms in total. The first-order valence-corrected chi connectivity index (χ1v) is 8.48. The lowest BCUT2D eigenvalue weighted by molar-refractivity contribution is 0.0737. The van der Waals surface area contributed by atoms with Gasteiger partial charge in [-0.1, -0.05) is 30.3 Å². The van der Waals surface area contributed by atoms with E-state index in [0.29, 0.717) is 10.7 Å². The zero-order chi connectivity index (χ0) is 17.1. The van der Waals surface area contributed by atoms with E-state index in [0.717, 1.165) is 11.1 Å². The van der Waals surface area contributed by atoms with Gasteiger partial charge < -0.3 is 4.90 Å². The Balaban J connectivity index is 1.79. The average molecular weight is 340 g/mol. The van der Waals surface area contributed by atoms with Gasteiger partial charge in [0.15, 0.2) is 0 Å². The number of aromatic nitrogens is 1. The SMILES string of the molecule is C[C@@H](c1ccccc1)N(C)C(=O)c1csc(-c2ccc(F)cc2)n1. The Bertz CT molecular complexity index is 830. The van der Waals surface area contributed by atoms with Gasteiger partial charge in [-0.05, 0) is 36.8 Å². The van der Waals surface area contributed by atoms with Crippen LogP contribution in [-0.4, -0.2) is 22.8 Å². The van der Waals surface area contributed by atoms with Crippen molar-refractivity contribution >= 4 is 17.2 Å². The Morgan fingerprint density at radius 1 is 1.12 bits per heavy atom. The van der Waals surface area contributed by atoms with Crippen LogP contribution in [-0.2, 0) is 0 Å². The number of amides is 1. The monoisotopic (exact) mass is 340 g/mol. The van der Waals surface area contributed by atoms with Crippen LogP contribution in [0.25, 0.3) is 10.6 Å². The van der Waals surface area contributed by atoms with Crippen molar-refractivity contribution in [2.45, 2.75) is 13.0 Å². The van der Waals surface area contributed by atoms with Crippen LogP contribution < -0.4 is 0 Å². The van der Waals surface area contributed by atoms with Crippen molar-refractivity contribution < 1.29 is 9.18 Å². The molecule has 0 bridgehead atoms. The standard InChI is InChI=1S/C19H17FN2OS/c1-13(14-6-4-3-5-7-14)22(2)19(23)17-12-24-18(21-17)15-8-10-16(20)11-9-15/h3-13H,1-2H3/t13-/m0/s1. The van der Waals surface area contributed by atoms with Gasteiger partial charge in [-0.25, -0.2) is 9.37 Å². The van der Waals surface area contributed by atoms with E-state index in [1.54, 1.807) is 29.5 Å². The number of hydrogen-bond donors (Lipinski definition) is 0. The van der Waals surface area contributed by atoms with Crippen LogP contribution in [0.15, 0.2) is 60.0 Å². The van der Waals surface area contributed by atoms with Crippen LogP contribution in [0.4, 0.5) is 4.39 Å². The Morgan fingerprint density at radius 2 is 1.79 bits per heavy atom. The van der Waals surface area contributed by atoms with Gasteiger partial charge in [-0.2, -0.15) is 0 Å². The number of thiazole rings is 1. The molecule has 0 aliphatic carbocycles. The maximum absolute atomic E-state index is 13.0. The van der Waals surface area contributed by atoms with Gasteiger partial charge in [0.25, 0.3) is 5.91 Å². The van der Waals surface area contributed by atoms with E-state index in [-0.39, 0.29) is 17.8 Å². The van der Waals surface area contributed by atoms with Crippen LogP contribution in [0.3, 0.4) is 0 Å². The molecule has 0 aliphatic heterocycles. The molecule has 0 saturated heterocycles. The van der Waals surface area contributed by atoms with Crippen molar-refractivity contribution in [2.75, 3.05) is 7.05 Å². The molecule has 0 fully saturated rings. The lowest BCUT2D eigenvalue weighted by Crippen LogP contribution is -2.29. The summed E-state index contributed by atoms with van der Waals surface area (Å²) in [6.07, 6.45) is 0. The van der Waals surface area contributed by atoms with Crippen molar-refractivity contribution in [1.82, 2.24) is 9.88 Å². The number of carbonyl (C=O) groups excluding carboxylic acids is 1. The van der Waals surface area contributed by atoms with E-state index >= 15 is 0 Å². The number of halogens is 1. The summed E-state index contributed by atoms with van der Waals surface area (Å²) in [6, 6.07) is 15.9. The Hall–Kier alpha value is -2.53. The molecule has 1 heterocycles. The average Bonchev–Trinajstić information content (AvgIpc) is 3.11. The summed E-state index contributed by atoms with van der Waals surface area (Å²) in [6.45, 7) is 1.99. The molecule has 5 heteroatoms. The molecular formula is C19H17FN2OS. The first-order chi connectivity index (χ1) is 11.6. The van der Waals surface area contributed by atoms with Crippen molar-refractivity contribution in [2.24, 2.45) is 0 Å². The maximum atomic E-state index is 13.0. The largest absolute Gasteiger partial charge is 0.334 e. The van der Waals surface area contributed by atoms with E-state index in [2.05, 4.69) is 4.98 Å². The molecule has 0 saturated carbocycles. The predicted octanol–water partition coefficient (Wildman–Crippen LogP) is 4.78. The predicted molar refractivity (Wildman–Crippen MR) is 94.5 cm³/mol. The summed E-state index contributed by atoms with van der Waals surface area (Å²) in [4.78, 5) is 18.8. The second-order valence-corrected chi connectivity index (χ2v) is 6.41. The van der Waals surface area contributed by atoms with Gasteiger partial charge in [-0.3, -0.25) is 4.79 Å². The fraction of sp³-hybridized carbons (Fsp3) is 0.158. The fourth-order valence-corrected chi connectivity index (χ4v) is 3.21. The zero-order valence-corrected chi connectivity index (χ0v) is 14.3. The van der Waals surface area contributed by atoms with E-state index in [4.69, 9.17) is 0 Å². The Kier molecular flexibility index (Phi) is 4.71. The second kappa shape index (κ2) is 6.93. The van der Waals surface area contributed by atoms with Gasteiger partial charge >= 0.3 is 0 Å². The van der Waals surface area contributed by atoms with Gasteiger partial charge in [0.2, 0.25) is 0 Å². The Labute approximate surface area is 144 Å². The highest BCUT2D eigenvalue weighted by atomic mass is 32.1. The van der Waals surface area contributed by atoms with E-state index < -0.39 is 0 Å². The molecule has 3 rings (SSSR count). The first kappa shape index (κ1) is 16.3. The summed E-state index contributed by atoms with van der Waals surface area (Å²) in [5.41, 5.74) is 2.28. The van der Waals surface area contributed by atoms with Gasteiger partial charge in [0.1, 0.15) is 16.5 Å². The third-order valence-corrected chi connectivity index (χ3v) is 4.89. The van der Waals surface area contributed by atoms with Crippen LogP contribution in [0.2, 0.25) is 0 Å². The van der Waals surface area contributed by atoms with Crippen LogP contribution in [0.1, 0.15) is 29.0 Å². The summed E-state index contributed by atoms with van der Waals surface area (Å²) in [7, 11) is 1.77. The summed E-state index contributed by atoms with van der Waals surface area (Å²) in [5, 5.41) is 2.45. The lowest BCUT2D eigenvalue weighted by Gasteiger charge is -2.24. The third kappa shape index (κ3) is 3.36. The smallest absolute Gasteiger partial charge is 0.273 e. The molecule has 0 unspecified atom stereocenters. The van der Waals surface area contributed by atoms with Gasteiger partial charge in [0.05, 0.1) is 6.04 Å². The van der Waals surface area contributed by atoms with Gasteiger partial charge in [0, 0.05) is 18.0 Å². The number of nitrogens with zero attached hydrogens (tertiary/aromatic N) is 2. The molecule has 0 spiro atoms. The maximum Gasteiger partial charge on any atom is 0.273 e. The number of carbonyl (C=O) groups is 1. The topological polar surface area (TPSA) is 33.2 Å². The quantitative estimate of drug-likeness (QED) is 0.684. The zero-order valence-electron chi connectivity index (χ0n) is 13.4. The molecule has 0 aliphatic rings.